The van der Waals surface area contributed by atoms with E-state index in [9.17, 15) is 14.7 Å². The van der Waals surface area contributed by atoms with Crippen LogP contribution in [0.5, 0.6) is 0 Å². The Morgan fingerprint density at radius 1 is 1.19 bits per heavy atom. The largest absolute Gasteiger partial charge is 0.480 e. The van der Waals surface area contributed by atoms with Gasteiger partial charge in [-0.05, 0) is 38.8 Å². The third kappa shape index (κ3) is 3.87. The van der Waals surface area contributed by atoms with E-state index in [1.54, 1.807) is 4.90 Å². The number of hydrogen-bond donors (Lipinski definition) is 2. The third-order valence-corrected chi connectivity index (χ3v) is 4.76. The number of urea groups is 1. The maximum atomic E-state index is 12.5. The molecule has 2 fully saturated rings. The summed E-state index contributed by atoms with van der Waals surface area (Å²) in [4.78, 5) is 28.1. The number of carboxylic acid groups (broad SMARTS) is 1. The maximum Gasteiger partial charge on any atom is 0.329 e. The van der Waals surface area contributed by atoms with Crippen molar-refractivity contribution in [2.45, 2.75) is 44.6 Å². The summed E-state index contributed by atoms with van der Waals surface area (Å²) in [7, 11) is 2.04. The number of likely N-dealkylation sites (N-methyl/N-ethyl adjacent to an activating group) is 1. The van der Waals surface area contributed by atoms with E-state index in [1.807, 2.05) is 7.05 Å². The topological polar surface area (TPSA) is 72.9 Å². The van der Waals surface area contributed by atoms with Crippen LogP contribution < -0.4 is 5.32 Å². The average Bonchev–Trinajstić information content (AvgIpc) is 2.63. The van der Waals surface area contributed by atoms with Gasteiger partial charge in [0, 0.05) is 19.6 Å². The molecule has 2 unspecified atom stereocenters. The van der Waals surface area contributed by atoms with E-state index >= 15 is 0 Å². The first-order chi connectivity index (χ1) is 9.93. The molecule has 0 aromatic rings. The zero-order chi connectivity index (χ0) is 15.5. The second-order valence-corrected chi connectivity index (χ2v) is 6.66. The first kappa shape index (κ1) is 16.1. The van der Waals surface area contributed by atoms with E-state index in [4.69, 9.17) is 0 Å². The maximum absolute atomic E-state index is 12.5. The number of carbonyl (C=O) groups excluding carboxylic acids is 1. The number of amides is 2. The Morgan fingerprint density at radius 3 is 2.62 bits per heavy atom. The standard InChI is InChI=1S/C15H27N3O3/c1-12-5-3-6-15(11-12,13(19)20)16-14(21)18-8-4-7-17(2)9-10-18/h12H,3-11H2,1-2H3,(H,16,21)(H,19,20). The molecular weight excluding hydrogens is 270 g/mol. The molecule has 2 aliphatic rings. The van der Waals surface area contributed by atoms with Crippen LogP contribution in [0.3, 0.4) is 0 Å². The van der Waals surface area contributed by atoms with Crippen molar-refractivity contribution >= 4 is 12.0 Å². The predicted octanol–water partition coefficient (Wildman–Crippen LogP) is 1.37. The first-order valence-corrected chi connectivity index (χ1v) is 7.92. The van der Waals surface area contributed by atoms with Gasteiger partial charge in [0.25, 0.3) is 0 Å². The van der Waals surface area contributed by atoms with Crippen molar-refractivity contribution in [3.63, 3.8) is 0 Å². The highest BCUT2D eigenvalue weighted by atomic mass is 16.4. The third-order valence-electron chi connectivity index (χ3n) is 4.76. The molecule has 6 heteroatoms. The Bertz CT molecular complexity index is 402. The highest BCUT2D eigenvalue weighted by Gasteiger charge is 2.43. The summed E-state index contributed by atoms with van der Waals surface area (Å²) in [5, 5.41) is 12.5. The van der Waals surface area contributed by atoms with E-state index in [2.05, 4.69) is 17.1 Å². The van der Waals surface area contributed by atoms with Crippen LogP contribution in [0.15, 0.2) is 0 Å². The SMILES string of the molecule is CC1CCCC(NC(=O)N2CCCN(C)CC2)(C(=O)O)C1. The summed E-state index contributed by atoms with van der Waals surface area (Å²) < 4.78 is 0. The van der Waals surface area contributed by atoms with E-state index in [0.717, 1.165) is 32.4 Å². The Kier molecular flexibility index (Phi) is 5.08. The minimum atomic E-state index is -1.08. The summed E-state index contributed by atoms with van der Waals surface area (Å²) in [5.41, 5.74) is -1.08. The van der Waals surface area contributed by atoms with Gasteiger partial charge in [0.1, 0.15) is 5.54 Å². The van der Waals surface area contributed by atoms with Crippen LogP contribution in [0.4, 0.5) is 4.79 Å². The van der Waals surface area contributed by atoms with Gasteiger partial charge in [-0.2, -0.15) is 0 Å². The van der Waals surface area contributed by atoms with Crippen LogP contribution in [0, 0.1) is 5.92 Å². The molecule has 0 spiro atoms. The van der Waals surface area contributed by atoms with Crippen molar-refractivity contribution in [2.24, 2.45) is 5.92 Å². The van der Waals surface area contributed by atoms with Crippen molar-refractivity contribution < 1.29 is 14.7 Å². The number of carboxylic acids is 1. The van der Waals surface area contributed by atoms with Gasteiger partial charge in [-0.1, -0.05) is 19.8 Å². The zero-order valence-electron chi connectivity index (χ0n) is 13.1. The van der Waals surface area contributed by atoms with Crippen molar-refractivity contribution in [2.75, 3.05) is 33.2 Å². The summed E-state index contributed by atoms with van der Waals surface area (Å²) in [6.45, 7) is 5.23. The lowest BCUT2D eigenvalue weighted by molar-refractivity contribution is -0.146. The number of aliphatic carboxylic acids is 1. The van der Waals surface area contributed by atoms with Gasteiger partial charge < -0.3 is 20.2 Å². The molecule has 2 atom stereocenters. The highest BCUT2D eigenvalue weighted by molar-refractivity contribution is 5.86. The van der Waals surface area contributed by atoms with Crippen molar-refractivity contribution in [1.29, 1.82) is 0 Å². The van der Waals surface area contributed by atoms with Crippen molar-refractivity contribution in [1.82, 2.24) is 15.1 Å². The van der Waals surface area contributed by atoms with Crippen LogP contribution in [-0.4, -0.2) is 65.7 Å². The Labute approximate surface area is 126 Å². The zero-order valence-corrected chi connectivity index (χ0v) is 13.1. The molecule has 2 amide bonds. The average molecular weight is 297 g/mol. The number of hydrogen-bond acceptors (Lipinski definition) is 3. The van der Waals surface area contributed by atoms with Gasteiger partial charge in [-0.25, -0.2) is 9.59 Å². The number of nitrogens with zero attached hydrogens (tertiary/aromatic N) is 2. The van der Waals surface area contributed by atoms with Crippen LogP contribution in [0.2, 0.25) is 0 Å². The molecule has 0 bridgehead atoms. The predicted molar refractivity (Wildman–Crippen MR) is 80.2 cm³/mol. The summed E-state index contributed by atoms with van der Waals surface area (Å²) in [6, 6.07) is -0.221. The number of rotatable bonds is 2. The fourth-order valence-corrected chi connectivity index (χ4v) is 3.45. The first-order valence-electron chi connectivity index (χ1n) is 7.92. The van der Waals surface area contributed by atoms with Gasteiger partial charge >= 0.3 is 12.0 Å². The minimum Gasteiger partial charge on any atom is -0.480 e. The highest BCUT2D eigenvalue weighted by Crippen LogP contribution is 2.32. The van der Waals surface area contributed by atoms with Gasteiger partial charge in [0.05, 0.1) is 0 Å². The molecule has 0 aromatic carbocycles. The Hall–Kier alpha value is -1.30. The molecule has 0 aromatic heterocycles. The van der Waals surface area contributed by atoms with Crippen molar-refractivity contribution in [3.8, 4) is 0 Å². The number of carbonyl (C=O) groups is 2. The quantitative estimate of drug-likeness (QED) is 0.807. The van der Waals surface area contributed by atoms with E-state index < -0.39 is 11.5 Å². The lowest BCUT2D eigenvalue weighted by atomic mass is 9.76. The van der Waals surface area contributed by atoms with E-state index in [1.165, 1.54) is 0 Å². The van der Waals surface area contributed by atoms with Gasteiger partial charge in [-0.15, -0.1) is 0 Å². The van der Waals surface area contributed by atoms with Crippen LogP contribution >= 0.6 is 0 Å². The molecule has 1 saturated heterocycles. The summed E-state index contributed by atoms with van der Waals surface area (Å²) >= 11 is 0. The van der Waals surface area contributed by atoms with E-state index in [0.29, 0.717) is 31.8 Å². The van der Waals surface area contributed by atoms with Crippen LogP contribution in [-0.2, 0) is 4.79 Å². The fourth-order valence-electron chi connectivity index (χ4n) is 3.45. The van der Waals surface area contributed by atoms with Crippen LogP contribution in [0.1, 0.15) is 39.0 Å². The summed E-state index contributed by atoms with van der Waals surface area (Å²) in [6.07, 6.45) is 3.89. The lowest BCUT2D eigenvalue weighted by Gasteiger charge is -2.38. The lowest BCUT2D eigenvalue weighted by Crippen LogP contribution is -2.60. The number of nitrogens with one attached hydrogen (secondary N) is 1. The molecule has 1 aliphatic carbocycles. The van der Waals surface area contributed by atoms with Crippen LogP contribution in [0.25, 0.3) is 0 Å². The molecule has 1 heterocycles. The Balaban J connectivity index is 2.02. The Morgan fingerprint density at radius 2 is 1.95 bits per heavy atom. The second-order valence-electron chi connectivity index (χ2n) is 6.66. The van der Waals surface area contributed by atoms with E-state index in [-0.39, 0.29) is 6.03 Å². The molecule has 1 saturated carbocycles. The van der Waals surface area contributed by atoms with Crippen molar-refractivity contribution in [3.05, 3.63) is 0 Å². The molecule has 1 aliphatic heterocycles. The minimum absolute atomic E-state index is 0.221. The van der Waals surface area contributed by atoms with Gasteiger partial charge in [-0.3, -0.25) is 0 Å². The molecular formula is C15H27N3O3. The fraction of sp³-hybridized carbons (Fsp3) is 0.867. The molecule has 2 N–H and O–H groups in total. The smallest absolute Gasteiger partial charge is 0.329 e. The molecule has 0 radical (unpaired) electrons. The molecule has 120 valence electrons. The summed E-state index contributed by atoms with van der Waals surface area (Å²) in [5.74, 6) is -0.556. The molecule has 2 rings (SSSR count). The molecule has 21 heavy (non-hydrogen) atoms. The second kappa shape index (κ2) is 6.64. The normalized spacial score (nSPS) is 31.5. The molecule has 6 nitrogen and oxygen atoms in total. The monoisotopic (exact) mass is 297 g/mol. The van der Waals surface area contributed by atoms with Gasteiger partial charge in [0.15, 0.2) is 0 Å². The van der Waals surface area contributed by atoms with Gasteiger partial charge in [0.2, 0.25) is 0 Å².